The van der Waals surface area contributed by atoms with Crippen molar-refractivity contribution in [1.29, 1.82) is 0 Å². The van der Waals surface area contributed by atoms with E-state index in [0.29, 0.717) is 0 Å². The third kappa shape index (κ3) is 2.54. The Morgan fingerprint density at radius 3 is 2.67 bits per heavy atom. The number of nitrogens with zero attached hydrogens (tertiary/aromatic N) is 1. The number of rotatable bonds is 4. The maximum atomic E-state index is 11.9. The van der Waals surface area contributed by atoms with Crippen LogP contribution in [0.25, 0.3) is 0 Å². The molecule has 5 nitrogen and oxygen atoms in total. The molecule has 2 rings (SSSR count). The van der Waals surface area contributed by atoms with Crippen LogP contribution in [0.15, 0.2) is 36.0 Å². The van der Waals surface area contributed by atoms with Crippen molar-refractivity contribution in [3.8, 4) is 0 Å². The Kier molecular flexibility index (Phi) is 3.97. The van der Waals surface area contributed by atoms with Crippen LogP contribution in [-0.2, 0) is 9.59 Å². The standard InChI is InChI=1S/C12H11IN2O3/c13-8-3-1-2-4-9(8)14-10-7-11(17)15(5-6-16)12(10)18/h1-4,7,14,16H,5-6H2. The van der Waals surface area contributed by atoms with E-state index in [9.17, 15) is 9.59 Å². The fourth-order valence-corrected chi connectivity index (χ4v) is 2.14. The second kappa shape index (κ2) is 5.49. The van der Waals surface area contributed by atoms with Gasteiger partial charge in [0.25, 0.3) is 11.8 Å². The van der Waals surface area contributed by atoms with Gasteiger partial charge < -0.3 is 10.4 Å². The van der Waals surface area contributed by atoms with Gasteiger partial charge in [-0.1, -0.05) is 12.1 Å². The van der Waals surface area contributed by atoms with E-state index >= 15 is 0 Å². The zero-order chi connectivity index (χ0) is 13.1. The molecule has 0 radical (unpaired) electrons. The molecule has 0 fully saturated rings. The van der Waals surface area contributed by atoms with Crippen molar-refractivity contribution in [2.24, 2.45) is 0 Å². The average molecular weight is 358 g/mol. The van der Waals surface area contributed by atoms with Crippen LogP contribution in [0.1, 0.15) is 0 Å². The molecule has 0 aromatic heterocycles. The SMILES string of the molecule is O=C1C=C(Nc2ccccc2I)C(=O)N1CCO. The maximum Gasteiger partial charge on any atom is 0.277 e. The number of carbonyl (C=O) groups excluding carboxylic acids is 2. The number of hydrogen-bond acceptors (Lipinski definition) is 4. The van der Waals surface area contributed by atoms with Gasteiger partial charge in [0, 0.05) is 9.65 Å². The number of amides is 2. The van der Waals surface area contributed by atoms with E-state index in [-0.39, 0.29) is 18.8 Å². The fraction of sp³-hybridized carbons (Fsp3) is 0.167. The Labute approximate surface area is 118 Å². The van der Waals surface area contributed by atoms with Gasteiger partial charge in [0.05, 0.1) is 18.8 Å². The number of benzene rings is 1. The zero-order valence-electron chi connectivity index (χ0n) is 9.39. The number of nitrogens with one attached hydrogen (secondary N) is 1. The summed E-state index contributed by atoms with van der Waals surface area (Å²) in [5, 5.41) is 11.7. The molecule has 0 bridgehead atoms. The van der Waals surface area contributed by atoms with Crippen molar-refractivity contribution in [3.05, 3.63) is 39.6 Å². The molecule has 18 heavy (non-hydrogen) atoms. The van der Waals surface area contributed by atoms with Crippen molar-refractivity contribution in [3.63, 3.8) is 0 Å². The molecule has 0 aliphatic carbocycles. The van der Waals surface area contributed by atoms with Gasteiger partial charge in [-0.05, 0) is 34.7 Å². The highest BCUT2D eigenvalue weighted by atomic mass is 127. The van der Waals surface area contributed by atoms with Crippen molar-refractivity contribution in [1.82, 2.24) is 4.90 Å². The molecule has 1 aliphatic rings. The number of β-amino-alcohol motifs (C(OH)–C–C–N with tert-alkyl or cyclic N) is 1. The Hall–Kier alpha value is -1.41. The van der Waals surface area contributed by atoms with Gasteiger partial charge in [-0.2, -0.15) is 0 Å². The Balaban J connectivity index is 2.17. The molecule has 0 unspecified atom stereocenters. The Morgan fingerprint density at radius 1 is 1.28 bits per heavy atom. The van der Waals surface area contributed by atoms with Crippen LogP contribution in [0.5, 0.6) is 0 Å². The lowest BCUT2D eigenvalue weighted by atomic mass is 10.3. The Morgan fingerprint density at radius 2 is 2.00 bits per heavy atom. The van der Waals surface area contributed by atoms with E-state index in [1.807, 2.05) is 24.3 Å². The minimum absolute atomic E-state index is 0.0191. The van der Waals surface area contributed by atoms with Crippen LogP contribution in [0.4, 0.5) is 5.69 Å². The largest absolute Gasteiger partial charge is 0.395 e. The molecular weight excluding hydrogens is 347 g/mol. The number of aliphatic hydroxyl groups is 1. The number of hydrogen-bond donors (Lipinski definition) is 2. The van der Waals surface area contributed by atoms with Gasteiger partial charge in [-0.3, -0.25) is 14.5 Å². The molecule has 0 spiro atoms. The molecule has 6 heteroatoms. The maximum absolute atomic E-state index is 11.9. The lowest BCUT2D eigenvalue weighted by Crippen LogP contribution is -2.34. The van der Waals surface area contributed by atoms with E-state index in [4.69, 9.17) is 5.11 Å². The highest BCUT2D eigenvalue weighted by molar-refractivity contribution is 14.1. The summed E-state index contributed by atoms with van der Waals surface area (Å²) in [5.74, 6) is -0.809. The van der Waals surface area contributed by atoms with Crippen molar-refractivity contribution in [2.45, 2.75) is 0 Å². The molecule has 0 atom stereocenters. The number of para-hydroxylation sites is 1. The topological polar surface area (TPSA) is 69.6 Å². The van der Waals surface area contributed by atoms with E-state index < -0.39 is 11.8 Å². The second-order valence-electron chi connectivity index (χ2n) is 3.68. The molecule has 2 N–H and O–H groups in total. The predicted octanol–water partition coefficient (Wildman–Crippen LogP) is 0.948. The van der Waals surface area contributed by atoms with E-state index in [0.717, 1.165) is 14.2 Å². The first-order chi connectivity index (χ1) is 8.63. The number of anilines is 1. The molecule has 2 amide bonds. The fourth-order valence-electron chi connectivity index (χ4n) is 1.62. The van der Waals surface area contributed by atoms with Gasteiger partial charge in [0.15, 0.2) is 0 Å². The molecule has 1 heterocycles. The normalized spacial score (nSPS) is 15.0. The first kappa shape index (κ1) is 13.0. The van der Waals surface area contributed by atoms with Gasteiger partial charge in [0.2, 0.25) is 0 Å². The lowest BCUT2D eigenvalue weighted by Gasteiger charge is -2.13. The molecule has 94 valence electrons. The smallest absolute Gasteiger partial charge is 0.277 e. The minimum Gasteiger partial charge on any atom is -0.395 e. The summed E-state index contributed by atoms with van der Waals surface area (Å²) >= 11 is 2.14. The first-order valence-corrected chi connectivity index (χ1v) is 6.41. The number of halogens is 1. The molecular formula is C12H11IN2O3. The second-order valence-corrected chi connectivity index (χ2v) is 4.84. The summed E-state index contributed by atoms with van der Waals surface area (Å²) in [6, 6.07) is 7.46. The van der Waals surface area contributed by atoms with Crippen LogP contribution < -0.4 is 5.32 Å². The molecule has 1 aliphatic heterocycles. The first-order valence-electron chi connectivity index (χ1n) is 5.33. The summed E-state index contributed by atoms with van der Waals surface area (Å²) in [5.41, 5.74) is 1.01. The van der Waals surface area contributed by atoms with E-state index in [1.165, 1.54) is 6.08 Å². The van der Waals surface area contributed by atoms with Crippen molar-refractivity contribution < 1.29 is 14.7 Å². The van der Waals surface area contributed by atoms with Crippen LogP contribution in [-0.4, -0.2) is 35.0 Å². The summed E-state index contributed by atoms with van der Waals surface area (Å²) < 4.78 is 0.955. The lowest BCUT2D eigenvalue weighted by molar-refractivity contribution is -0.137. The van der Waals surface area contributed by atoms with Crippen LogP contribution >= 0.6 is 22.6 Å². The van der Waals surface area contributed by atoms with E-state index in [1.54, 1.807) is 0 Å². The van der Waals surface area contributed by atoms with Gasteiger partial charge in [-0.25, -0.2) is 0 Å². The summed E-state index contributed by atoms with van der Waals surface area (Å²) in [4.78, 5) is 24.4. The third-order valence-corrected chi connectivity index (χ3v) is 3.42. The highest BCUT2D eigenvalue weighted by Crippen LogP contribution is 2.21. The third-order valence-electron chi connectivity index (χ3n) is 2.48. The highest BCUT2D eigenvalue weighted by Gasteiger charge is 2.30. The quantitative estimate of drug-likeness (QED) is 0.621. The molecule has 1 aromatic rings. The van der Waals surface area contributed by atoms with Crippen LogP contribution in [0.2, 0.25) is 0 Å². The van der Waals surface area contributed by atoms with Gasteiger partial charge in [0.1, 0.15) is 5.70 Å². The Bertz CT molecular complexity index is 528. The van der Waals surface area contributed by atoms with Gasteiger partial charge >= 0.3 is 0 Å². The molecule has 1 aromatic carbocycles. The predicted molar refractivity (Wildman–Crippen MR) is 74.7 cm³/mol. The minimum atomic E-state index is -0.409. The summed E-state index contributed by atoms with van der Waals surface area (Å²) in [7, 11) is 0. The van der Waals surface area contributed by atoms with Crippen LogP contribution in [0.3, 0.4) is 0 Å². The summed E-state index contributed by atoms with van der Waals surface area (Å²) in [6.45, 7) is -0.216. The monoisotopic (exact) mass is 358 g/mol. The molecule has 0 saturated heterocycles. The number of aliphatic hydroxyl groups excluding tert-OH is 1. The van der Waals surface area contributed by atoms with Crippen molar-refractivity contribution >= 4 is 40.1 Å². The van der Waals surface area contributed by atoms with Gasteiger partial charge in [-0.15, -0.1) is 0 Å². The number of carbonyl (C=O) groups is 2. The van der Waals surface area contributed by atoms with Crippen LogP contribution in [0, 0.1) is 3.57 Å². The van der Waals surface area contributed by atoms with Crippen molar-refractivity contribution in [2.75, 3.05) is 18.5 Å². The summed E-state index contributed by atoms with van der Waals surface area (Å²) in [6.07, 6.45) is 1.25. The zero-order valence-corrected chi connectivity index (χ0v) is 11.5. The molecule has 0 saturated carbocycles. The van der Waals surface area contributed by atoms with E-state index in [2.05, 4.69) is 27.9 Å². The number of imide groups is 1. The average Bonchev–Trinajstić information content (AvgIpc) is 2.60.